The van der Waals surface area contributed by atoms with Crippen molar-refractivity contribution < 1.29 is 132 Å². The first-order valence-corrected chi connectivity index (χ1v) is 30.0. The summed E-state index contributed by atoms with van der Waals surface area (Å²) in [6, 6.07) is 74.5. The molecule has 0 atom stereocenters. The third-order valence-electron chi connectivity index (χ3n) is 13.8. The van der Waals surface area contributed by atoms with Crippen molar-refractivity contribution in [3.63, 3.8) is 0 Å². The summed E-state index contributed by atoms with van der Waals surface area (Å²) >= 11 is 4.79. The molecule has 0 saturated carbocycles. The van der Waals surface area contributed by atoms with Gasteiger partial charge in [0.25, 0.3) is 0 Å². The fourth-order valence-electron chi connectivity index (χ4n) is 9.46. The Morgan fingerprint density at radius 2 is 0.620 bits per heavy atom. The summed E-state index contributed by atoms with van der Waals surface area (Å²) in [5.74, 6) is 2.11. The number of nitrogens with zero attached hydrogens (tertiary/aromatic N) is 5. The summed E-state index contributed by atoms with van der Waals surface area (Å²) in [6.07, 6.45) is 0. The Morgan fingerprint density at radius 3 is 1.09 bits per heavy atom. The van der Waals surface area contributed by atoms with Gasteiger partial charge in [0.1, 0.15) is 54.8 Å². The van der Waals surface area contributed by atoms with E-state index in [4.69, 9.17) is 8.83 Å². The van der Waals surface area contributed by atoms with Crippen molar-refractivity contribution >= 4 is 97.6 Å². The van der Waals surface area contributed by atoms with Crippen molar-refractivity contribution in [2.45, 2.75) is 20.8 Å². The molecule has 0 aliphatic carbocycles. The zero-order valence-electron chi connectivity index (χ0n) is 50.6. The van der Waals surface area contributed by atoms with Crippen LogP contribution in [0.25, 0.3) is 118 Å². The number of hydrogen-bond donors (Lipinski definition) is 5. The third kappa shape index (κ3) is 16.8. The Morgan fingerprint density at radius 1 is 0.272 bits per heavy atom. The first-order valence-electron chi connectivity index (χ1n) is 27.6. The van der Waals surface area contributed by atoms with E-state index in [0.29, 0.717) is 28.7 Å². The second-order valence-corrected chi connectivity index (χ2v) is 23.3. The molecule has 0 aliphatic rings. The van der Waals surface area contributed by atoms with E-state index in [1.165, 1.54) is 5.56 Å². The summed E-state index contributed by atoms with van der Waals surface area (Å²) in [6.45, 7) is 5.94. The van der Waals surface area contributed by atoms with Crippen LogP contribution >= 0.6 is 34.0 Å². The SMILES string of the molecule is Cc1ccc(-c2nc3ccccc3o2)c(O)c1.Cc1ccc(-c2nc3ccccc3s2)c(O)c1.Cc1ccc2sc(-c3ccccc3O)nc2c1.Oc1cc2ccccc2cc1-c1nc2ccccc2o1.Oc1ccccc1-c1nc2ccccc2s1.[Zn].[Zn].[Zn].[Zn].[Zn]. The fourth-order valence-corrected chi connectivity index (χ4v) is 12.4. The average molecular weight is 1520 g/mol. The summed E-state index contributed by atoms with van der Waals surface area (Å²) in [5.41, 5.74) is 12.8. The molecule has 0 amide bonds. The molecule has 5 aromatic heterocycles. The van der Waals surface area contributed by atoms with Crippen LogP contribution in [0.1, 0.15) is 16.7 Å². The van der Waals surface area contributed by atoms with Gasteiger partial charge in [0.05, 0.1) is 58.5 Å². The molecule has 0 fully saturated rings. The van der Waals surface area contributed by atoms with E-state index in [0.717, 1.165) is 106 Å². The normalized spacial score (nSPS) is 10.3. The molecule has 16 rings (SSSR count). The smallest absolute Gasteiger partial charge is 0.231 e. The number of aromatic nitrogens is 5. The molecule has 0 spiro atoms. The van der Waals surface area contributed by atoms with E-state index in [-0.39, 0.29) is 120 Å². The Kier molecular flexibility index (Phi) is 25.6. The minimum atomic E-state index is 0. The van der Waals surface area contributed by atoms with Gasteiger partial charge in [0, 0.05) is 97.4 Å². The molecule has 5 N–H and O–H groups in total. The van der Waals surface area contributed by atoms with E-state index < -0.39 is 0 Å². The zero-order valence-corrected chi connectivity index (χ0v) is 67.9. The first kappa shape index (κ1) is 71.8. The third-order valence-corrected chi connectivity index (χ3v) is 17.1. The summed E-state index contributed by atoms with van der Waals surface area (Å²) in [7, 11) is 0. The number of fused-ring (bicyclic) bond motifs is 6. The Bertz CT molecular complexity index is 4880. The molecule has 0 radical (unpaired) electrons. The number of aromatic hydroxyl groups is 5. The van der Waals surface area contributed by atoms with Crippen LogP contribution in [-0.4, -0.2) is 50.5 Å². The average Bonchev–Trinajstić information content (AvgIpc) is 1.80. The van der Waals surface area contributed by atoms with Crippen molar-refractivity contribution in [2.24, 2.45) is 0 Å². The van der Waals surface area contributed by atoms with Gasteiger partial charge < -0.3 is 34.4 Å². The van der Waals surface area contributed by atoms with Crippen LogP contribution in [0.3, 0.4) is 0 Å². The maximum atomic E-state index is 10.2. The molecule has 92 heavy (non-hydrogen) atoms. The summed E-state index contributed by atoms with van der Waals surface area (Å²) < 4.78 is 14.7. The topological polar surface area (TPSA) is 192 Å². The van der Waals surface area contributed by atoms with Crippen LogP contribution in [0.5, 0.6) is 28.7 Å². The molecule has 11 aromatic carbocycles. The van der Waals surface area contributed by atoms with Gasteiger partial charge in [-0.3, -0.25) is 0 Å². The number of hydrogen-bond acceptors (Lipinski definition) is 15. The van der Waals surface area contributed by atoms with Gasteiger partial charge in [-0.2, -0.15) is 0 Å². The standard InChI is InChI=1S/C17H11NO2.C14H11NO2.2C14H11NOS.C13H9NOS.5Zn/c19-15-10-12-6-2-1-5-11(12)9-13(15)17-18-14-7-3-4-8-16(14)20-17;2*1-9-6-7-10(12(16)8-9)14-15-11-4-2-3-5-13(11)17-14;1-9-6-7-13-11(8-9)15-14(17-13)10-4-2-3-5-12(10)16;15-11-7-3-1-5-9(11)13-14-10-6-2-4-8-12(10)16-13;;;;;/h1-10,19H;3*2-8,16H,1H3;1-8,15H;;;;;. The van der Waals surface area contributed by atoms with Crippen molar-refractivity contribution in [3.8, 4) is 83.4 Å². The second kappa shape index (κ2) is 32.8. The van der Waals surface area contributed by atoms with Gasteiger partial charge in [-0.05, 0) is 170 Å². The van der Waals surface area contributed by atoms with Crippen LogP contribution in [0.4, 0.5) is 0 Å². The molecule has 0 saturated heterocycles. The molecule has 0 bridgehead atoms. The molecule has 20 heteroatoms. The van der Waals surface area contributed by atoms with Crippen molar-refractivity contribution in [1.82, 2.24) is 24.9 Å². The monoisotopic (exact) mass is 1510 g/mol. The van der Waals surface area contributed by atoms with Crippen LogP contribution in [0.15, 0.2) is 245 Å². The fraction of sp³-hybridized carbons (Fsp3) is 0.0417. The maximum Gasteiger partial charge on any atom is 0.231 e. The molecule has 436 valence electrons. The van der Waals surface area contributed by atoms with E-state index in [1.54, 1.807) is 64.3 Å². The first-order chi connectivity index (χ1) is 42.4. The number of para-hydroxylation sites is 8. The Balaban J connectivity index is 0.000000161. The molecule has 0 unspecified atom stereocenters. The van der Waals surface area contributed by atoms with Crippen LogP contribution < -0.4 is 0 Å². The van der Waals surface area contributed by atoms with Crippen LogP contribution in [0, 0.1) is 20.8 Å². The predicted molar refractivity (Wildman–Crippen MR) is 354 cm³/mol. The number of thiazole rings is 3. The largest absolute Gasteiger partial charge is 0.507 e. The number of rotatable bonds is 5. The summed E-state index contributed by atoms with van der Waals surface area (Å²) in [4.78, 5) is 22.4. The number of oxazole rings is 2. The minimum Gasteiger partial charge on any atom is -0.507 e. The van der Waals surface area contributed by atoms with E-state index in [9.17, 15) is 25.5 Å². The maximum absolute atomic E-state index is 10.2. The molecule has 12 nitrogen and oxygen atoms in total. The molecular weight excluding hydrogens is 1470 g/mol. The number of aryl methyl sites for hydroxylation is 3. The molecule has 5 heterocycles. The Labute approximate surface area is 605 Å². The van der Waals surface area contributed by atoms with Crippen molar-refractivity contribution in [3.05, 3.63) is 253 Å². The van der Waals surface area contributed by atoms with Gasteiger partial charge in [-0.25, -0.2) is 24.9 Å². The van der Waals surface area contributed by atoms with Crippen molar-refractivity contribution in [1.29, 1.82) is 0 Å². The number of benzene rings is 11. The molecular formula is C72H53N5O7S3Zn5. The second-order valence-electron chi connectivity index (χ2n) is 20.2. The van der Waals surface area contributed by atoms with Crippen molar-refractivity contribution in [2.75, 3.05) is 0 Å². The summed E-state index contributed by atoms with van der Waals surface area (Å²) in [5, 5.41) is 54.2. The van der Waals surface area contributed by atoms with Crippen LogP contribution in [0.2, 0.25) is 0 Å². The number of phenols is 5. The van der Waals surface area contributed by atoms with Gasteiger partial charge in [-0.15, -0.1) is 34.0 Å². The van der Waals surface area contributed by atoms with Gasteiger partial charge in [0.15, 0.2) is 11.2 Å². The molecule has 0 aliphatic heterocycles. The minimum absolute atomic E-state index is 0. The Hall–Kier alpha value is -7.59. The van der Waals surface area contributed by atoms with Crippen LogP contribution in [-0.2, 0) is 97.4 Å². The van der Waals surface area contributed by atoms with E-state index in [1.807, 2.05) is 202 Å². The van der Waals surface area contributed by atoms with E-state index >= 15 is 0 Å². The quantitative estimate of drug-likeness (QED) is 0.103. The zero-order chi connectivity index (χ0) is 60.0. The van der Waals surface area contributed by atoms with Gasteiger partial charge in [-0.1, -0.05) is 115 Å². The van der Waals surface area contributed by atoms with Gasteiger partial charge in [0.2, 0.25) is 11.8 Å². The van der Waals surface area contributed by atoms with Gasteiger partial charge >= 0.3 is 0 Å². The number of phenolic OH excluding ortho intramolecular Hbond substituents is 5. The predicted octanol–water partition coefficient (Wildman–Crippen LogP) is 19.5. The molecule has 16 aromatic rings. The van der Waals surface area contributed by atoms with E-state index in [2.05, 4.69) is 50.0 Å².